The predicted molar refractivity (Wildman–Crippen MR) is 58.1 cm³/mol. The van der Waals surface area contributed by atoms with Crippen molar-refractivity contribution in [3.63, 3.8) is 0 Å². The molecular formula is C11H13BF5Na+. The Bertz CT molecular complexity index is 369. The molecule has 0 aromatic heterocycles. The molecule has 0 atom stereocenters. The smallest absolute Gasteiger partial charge is 0.204 e. The van der Waals surface area contributed by atoms with Gasteiger partial charge in [-0.3, -0.25) is 0 Å². The summed E-state index contributed by atoms with van der Waals surface area (Å²) in [5.41, 5.74) is -0.843. The monoisotopic (exact) mass is 274 g/mol. The van der Waals surface area contributed by atoms with E-state index < -0.39 is 34.5 Å². The summed E-state index contributed by atoms with van der Waals surface area (Å²) in [5, 5.41) is 0. The van der Waals surface area contributed by atoms with Crippen LogP contribution in [0.25, 0.3) is 0 Å². The van der Waals surface area contributed by atoms with Crippen molar-refractivity contribution in [1.29, 1.82) is 0 Å². The van der Waals surface area contributed by atoms with Gasteiger partial charge >= 0.3 is 29.6 Å². The molecular weight excluding hydrogens is 261 g/mol. The molecule has 1 radical (unpaired) electrons. The van der Waals surface area contributed by atoms with Crippen LogP contribution in [0.3, 0.4) is 0 Å². The Morgan fingerprint density at radius 1 is 0.833 bits per heavy atom. The Hall–Kier alpha value is -0.0651. The quantitative estimate of drug-likeness (QED) is 0.247. The number of rotatable bonds is 4. The van der Waals surface area contributed by atoms with Crippen molar-refractivity contribution in [2.45, 2.75) is 33.5 Å². The van der Waals surface area contributed by atoms with E-state index in [0.717, 1.165) is 13.7 Å². The zero-order chi connectivity index (χ0) is 12.3. The molecule has 0 aliphatic carbocycles. The Labute approximate surface area is 126 Å². The Balaban J connectivity index is 0. The van der Waals surface area contributed by atoms with Gasteiger partial charge in [-0.25, -0.2) is 22.0 Å². The number of unbranched alkanes of at least 4 members (excludes halogenated alkanes) is 1. The number of hydrogen-bond donors (Lipinski definition) is 0. The van der Waals surface area contributed by atoms with Crippen LogP contribution in [0.1, 0.15) is 27.2 Å². The average Bonchev–Trinajstić information content (AvgIpc) is 2.28. The van der Waals surface area contributed by atoms with Gasteiger partial charge in [0.15, 0.2) is 36.4 Å². The molecule has 0 saturated carbocycles. The number of benzene rings is 1. The van der Waals surface area contributed by atoms with Gasteiger partial charge in [0.1, 0.15) is 0 Å². The second-order valence-electron chi connectivity index (χ2n) is 3.33. The van der Waals surface area contributed by atoms with Gasteiger partial charge in [-0.05, 0) is 5.46 Å². The van der Waals surface area contributed by atoms with Crippen LogP contribution in [0.5, 0.6) is 0 Å². The van der Waals surface area contributed by atoms with E-state index in [1.165, 1.54) is 0 Å². The molecule has 95 valence electrons. The molecule has 0 nitrogen and oxygen atoms in total. The zero-order valence-corrected chi connectivity index (χ0v) is 11.6. The van der Waals surface area contributed by atoms with Crippen LogP contribution in [0.4, 0.5) is 22.0 Å². The molecule has 0 saturated heterocycles. The first-order valence-electron chi connectivity index (χ1n) is 4.85. The molecule has 1 rings (SSSR count). The number of halogens is 5. The summed E-state index contributed by atoms with van der Waals surface area (Å²) in [5.74, 6) is -9.47. The summed E-state index contributed by atoms with van der Waals surface area (Å²) in [6, 6.07) is 0. The van der Waals surface area contributed by atoms with Gasteiger partial charge in [0.25, 0.3) is 0 Å². The maximum absolute atomic E-state index is 13.1. The van der Waals surface area contributed by atoms with Gasteiger partial charge in [-0.2, -0.15) is 0 Å². The van der Waals surface area contributed by atoms with Crippen LogP contribution in [0.15, 0.2) is 0 Å². The van der Waals surface area contributed by atoms with E-state index in [4.69, 9.17) is 0 Å². The summed E-state index contributed by atoms with van der Waals surface area (Å²) in [6.45, 7) is 1.85. The van der Waals surface area contributed by atoms with E-state index in [9.17, 15) is 22.0 Å². The van der Waals surface area contributed by atoms with Crippen molar-refractivity contribution < 1.29 is 51.5 Å². The number of hydrogen-bond acceptors (Lipinski definition) is 0. The van der Waals surface area contributed by atoms with Crippen LogP contribution in [0.2, 0.25) is 6.32 Å². The summed E-state index contributed by atoms with van der Waals surface area (Å²) in [6.07, 6.45) is 1.67. The zero-order valence-electron chi connectivity index (χ0n) is 9.59. The normalized spacial score (nSPS) is 9.44. The van der Waals surface area contributed by atoms with Crippen LogP contribution >= 0.6 is 0 Å². The topological polar surface area (TPSA) is 0 Å². The molecule has 0 bridgehead atoms. The van der Waals surface area contributed by atoms with Gasteiger partial charge in [-0.1, -0.05) is 33.5 Å². The molecule has 0 fully saturated rings. The molecule has 0 N–H and O–H groups in total. The fraction of sp³-hybridized carbons (Fsp3) is 0.455. The fourth-order valence-electron chi connectivity index (χ4n) is 1.25. The largest absolute Gasteiger partial charge is 1.00 e. The van der Waals surface area contributed by atoms with Crippen molar-refractivity contribution in [1.82, 2.24) is 0 Å². The minimum atomic E-state index is -2.12. The first-order valence-corrected chi connectivity index (χ1v) is 4.85. The third-order valence-electron chi connectivity index (χ3n) is 2.15. The Kier molecular flexibility index (Phi) is 10.1. The van der Waals surface area contributed by atoms with E-state index in [2.05, 4.69) is 0 Å². The van der Waals surface area contributed by atoms with Crippen LogP contribution < -0.4 is 35.0 Å². The van der Waals surface area contributed by atoms with Crippen molar-refractivity contribution >= 4 is 12.7 Å². The first-order chi connectivity index (χ1) is 7.50. The van der Waals surface area contributed by atoms with Crippen molar-refractivity contribution in [2.24, 2.45) is 0 Å². The van der Waals surface area contributed by atoms with E-state index in [1.807, 2.05) is 6.92 Å². The first kappa shape index (κ1) is 20.3. The van der Waals surface area contributed by atoms with Crippen LogP contribution in [0, 0.1) is 29.1 Å². The molecule has 18 heavy (non-hydrogen) atoms. The summed E-state index contributed by atoms with van der Waals surface area (Å²) >= 11 is 0. The molecule has 0 heterocycles. The third kappa shape index (κ3) is 4.25. The minimum absolute atomic E-state index is 0. The SMILES string of the molecule is C.CCCC[B]c1c(F)c(F)c(F)c(F)c1F.[Na+]. The summed E-state index contributed by atoms with van der Waals surface area (Å²) < 4.78 is 64.3. The molecule has 0 amide bonds. The van der Waals surface area contributed by atoms with Crippen molar-refractivity contribution in [3.05, 3.63) is 29.1 Å². The molecule has 1 aromatic carbocycles. The molecule has 0 aliphatic rings. The molecule has 0 unspecified atom stereocenters. The minimum Gasteiger partial charge on any atom is -0.204 e. The standard InChI is InChI=1S/C10H9BF5.CH4.Na/c1-2-3-4-11-5-6(12)8(14)10(16)9(15)7(5)13;;/h2-4H2,1H3;1H4;/q;;+1. The third-order valence-corrected chi connectivity index (χ3v) is 2.15. The maximum Gasteiger partial charge on any atom is 1.00 e. The predicted octanol–water partition coefficient (Wildman–Crippen LogP) is 0.570. The Morgan fingerprint density at radius 2 is 1.22 bits per heavy atom. The van der Waals surface area contributed by atoms with Gasteiger partial charge in [-0.15, -0.1) is 0 Å². The van der Waals surface area contributed by atoms with Gasteiger partial charge < -0.3 is 0 Å². The van der Waals surface area contributed by atoms with Crippen LogP contribution in [-0.4, -0.2) is 7.28 Å². The van der Waals surface area contributed by atoms with E-state index in [1.54, 1.807) is 0 Å². The molecule has 1 aromatic rings. The second kappa shape index (κ2) is 8.94. The molecule has 0 aliphatic heterocycles. The van der Waals surface area contributed by atoms with Gasteiger partial charge in [0, 0.05) is 0 Å². The second-order valence-corrected chi connectivity index (χ2v) is 3.33. The van der Waals surface area contributed by atoms with Gasteiger partial charge in [0.05, 0.1) is 0 Å². The van der Waals surface area contributed by atoms with Crippen molar-refractivity contribution in [2.75, 3.05) is 0 Å². The van der Waals surface area contributed by atoms with Gasteiger partial charge in [0.2, 0.25) is 0 Å². The van der Waals surface area contributed by atoms with Crippen LogP contribution in [-0.2, 0) is 0 Å². The molecule has 7 heteroatoms. The van der Waals surface area contributed by atoms with Crippen molar-refractivity contribution in [3.8, 4) is 0 Å². The van der Waals surface area contributed by atoms with E-state index >= 15 is 0 Å². The van der Waals surface area contributed by atoms with E-state index in [0.29, 0.717) is 6.42 Å². The Morgan fingerprint density at radius 3 is 1.61 bits per heavy atom. The summed E-state index contributed by atoms with van der Waals surface area (Å²) in [4.78, 5) is 0. The fourth-order valence-corrected chi connectivity index (χ4v) is 1.25. The summed E-state index contributed by atoms with van der Waals surface area (Å²) in [7, 11) is 1.03. The molecule has 0 spiro atoms. The van der Waals surface area contributed by atoms with E-state index in [-0.39, 0.29) is 43.3 Å². The maximum atomic E-state index is 13.1. The average molecular weight is 274 g/mol.